The Hall–Kier alpha value is -0.0400. The van der Waals surface area contributed by atoms with E-state index in [4.69, 9.17) is 0 Å². The summed E-state index contributed by atoms with van der Waals surface area (Å²) >= 11 is 0. The van der Waals surface area contributed by atoms with Crippen molar-refractivity contribution in [2.75, 3.05) is 6.54 Å². The van der Waals surface area contributed by atoms with Crippen LogP contribution in [-0.4, -0.2) is 12.1 Å². The van der Waals surface area contributed by atoms with Gasteiger partial charge in [0.2, 0.25) is 0 Å². The molecule has 0 bridgehead atoms. The molecule has 0 saturated carbocycles. The van der Waals surface area contributed by atoms with Crippen LogP contribution < -0.4 is 5.32 Å². The molecule has 1 heterocycles. The third-order valence-electron chi connectivity index (χ3n) is 3.32. The minimum atomic E-state index is 0.546. The van der Waals surface area contributed by atoms with Crippen molar-refractivity contribution in [3.63, 3.8) is 0 Å². The van der Waals surface area contributed by atoms with E-state index in [1.165, 1.54) is 57.9 Å². The molecule has 0 aliphatic carbocycles. The molecule has 1 nitrogen and oxygen atoms in total. The van der Waals surface area contributed by atoms with Crippen molar-refractivity contribution in [2.24, 2.45) is 0 Å². The van der Waals surface area contributed by atoms with Gasteiger partial charge in [0.1, 0.15) is 0 Å². The average molecular weight is 183 g/mol. The van der Waals surface area contributed by atoms with Gasteiger partial charge >= 0.3 is 0 Å². The van der Waals surface area contributed by atoms with E-state index >= 15 is 0 Å². The molecule has 1 fully saturated rings. The first-order chi connectivity index (χ1) is 6.33. The van der Waals surface area contributed by atoms with Crippen molar-refractivity contribution in [3.05, 3.63) is 0 Å². The predicted molar refractivity (Wildman–Crippen MR) is 59.0 cm³/mol. The molecule has 13 heavy (non-hydrogen) atoms. The van der Waals surface area contributed by atoms with Crippen molar-refractivity contribution in [1.82, 2.24) is 5.32 Å². The summed E-state index contributed by atoms with van der Waals surface area (Å²) in [7, 11) is 0. The summed E-state index contributed by atoms with van der Waals surface area (Å²) in [5.74, 6) is 0. The van der Waals surface area contributed by atoms with Crippen LogP contribution in [0.15, 0.2) is 0 Å². The summed E-state index contributed by atoms with van der Waals surface area (Å²) in [5.41, 5.74) is 0.546. The number of nitrogens with one attached hydrogen (secondary N) is 1. The van der Waals surface area contributed by atoms with Gasteiger partial charge in [-0.05, 0) is 32.2 Å². The Kier molecular flexibility index (Phi) is 4.79. The summed E-state index contributed by atoms with van der Waals surface area (Å²) < 4.78 is 0. The molecule has 1 atom stereocenters. The normalized spacial score (nSPS) is 28.2. The lowest BCUT2D eigenvalue weighted by Gasteiger charge is -2.29. The van der Waals surface area contributed by atoms with Crippen LogP contribution in [0.1, 0.15) is 65.2 Å². The molecule has 0 amide bonds. The van der Waals surface area contributed by atoms with Crippen LogP contribution in [0.3, 0.4) is 0 Å². The highest BCUT2D eigenvalue weighted by atomic mass is 15.0. The highest BCUT2D eigenvalue weighted by molar-refractivity contribution is 4.92. The van der Waals surface area contributed by atoms with Gasteiger partial charge in [-0.3, -0.25) is 0 Å². The molecule has 0 spiro atoms. The first-order valence-corrected chi connectivity index (χ1v) is 6.08. The molecule has 1 unspecified atom stereocenters. The first-order valence-electron chi connectivity index (χ1n) is 6.08. The maximum absolute atomic E-state index is 3.73. The fraction of sp³-hybridized carbons (Fsp3) is 1.00. The molecule has 0 radical (unpaired) electrons. The van der Waals surface area contributed by atoms with Gasteiger partial charge in [0.25, 0.3) is 0 Å². The molecule has 1 heteroatoms. The van der Waals surface area contributed by atoms with Crippen molar-refractivity contribution in [2.45, 2.75) is 70.8 Å². The highest BCUT2D eigenvalue weighted by Gasteiger charge is 2.31. The van der Waals surface area contributed by atoms with E-state index in [0.717, 1.165) is 0 Å². The van der Waals surface area contributed by atoms with Crippen LogP contribution in [0, 0.1) is 0 Å². The Morgan fingerprint density at radius 2 is 1.92 bits per heavy atom. The smallest absolute Gasteiger partial charge is 0.0181 e. The molecule has 1 aliphatic heterocycles. The second kappa shape index (κ2) is 5.64. The third kappa shape index (κ3) is 3.30. The van der Waals surface area contributed by atoms with Crippen molar-refractivity contribution in [3.8, 4) is 0 Å². The van der Waals surface area contributed by atoms with Crippen LogP contribution in [0.2, 0.25) is 0 Å². The van der Waals surface area contributed by atoms with Crippen LogP contribution in [0.5, 0.6) is 0 Å². The van der Waals surface area contributed by atoms with Gasteiger partial charge in [0.05, 0.1) is 0 Å². The molecule has 1 rings (SSSR count). The molecule has 1 saturated heterocycles. The molecule has 78 valence electrons. The van der Waals surface area contributed by atoms with E-state index in [0.29, 0.717) is 5.54 Å². The minimum Gasteiger partial charge on any atom is -0.311 e. The van der Waals surface area contributed by atoms with E-state index in [-0.39, 0.29) is 0 Å². The number of unbranched alkanes of at least 4 members (excludes halogenated alkanes) is 2. The van der Waals surface area contributed by atoms with Crippen molar-refractivity contribution < 1.29 is 0 Å². The van der Waals surface area contributed by atoms with Gasteiger partial charge in [-0.2, -0.15) is 0 Å². The van der Waals surface area contributed by atoms with Gasteiger partial charge in [-0.25, -0.2) is 0 Å². The van der Waals surface area contributed by atoms with Crippen LogP contribution in [-0.2, 0) is 0 Å². The Labute approximate surface area is 83.3 Å². The fourth-order valence-electron chi connectivity index (χ4n) is 2.61. The second-order valence-corrected chi connectivity index (χ2v) is 4.52. The largest absolute Gasteiger partial charge is 0.311 e. The number of hydrogen-bond donors (Lipinski definition) is 1. The molecular formula is C12H25N. The van der Waals surface area contributed by atoms with E-state index in [1.807, 2.05) is 0 Å². The lowest BCUT2D eigenvalue weighted by molar-refractivity contribution is 0.309. The van der Waals surface area contributed by atoms with E-state index < -0.39 is 0 Å². The molecule has 0 aromatic carbocycles. The fourth-order valence-corrected chi connectivity index (χ4v) is 2.61. The topological polar surface area (TPSA) is 12.0 Å². The lowest BCUT2D eigenvalue weighted by Crippen LogP contribution is -2.39. The number of rotatable bonds is 6. The van der Waals surface area contributed by atoms with Crippen molar-refractivity contribution in [1.29, 1.82) is 0 Å². The summed E-state index contributed by atoms with van der Waals surface area (Å²) in [5, 5.41) is 3.73. The minimum absolute atomic E-state index is 0.546. The molecule has 0 aromatic heterocycles. The van der Waals surface area contributed by atoms with Crippen LogP contribution in [0.25, 0.3) is 0 Å². The van der Waals surface area contributed by atoms with Crippen molar-refractivity contribution >= 4 is 0 Å². The summed E-state index contributed by atoms with van der Waals surface area (Å²) in [6.07, 6.45) is 11.1. The van der Waals surface area contributed by atoms with Gasteiger partial charge in [-0.1, -0.05) is 39.5 Å². The van der Waals surface area contributed by atoms with Gasteiger partial charge < -0.3 is 5.32 Å². The summed E-state index contributed by atoms with van der Waals surface area (Å²) in [6.45, 7) is 5.85. The van der Waals surface area contributed by atoms with Gasteiger partial charge in [0, 0.05) is 5.54 Å². The van der Waals surface area contributed by atoms with Gasteiger partial charge in [-0.15, -0.1) is 0 Å². The highest BCUT2D eigenvalue weighted by Crippen LogP contribution is 2.29. The van der Waals surface area contributed by atoms with Crippen LogP contribution in [0.4, 0.5) is 0 Å². The summed E-state index contributed by atoms with van der Waals surface area (Å²) in [4.78, 5) is 0. The zero-order chi connectivity index (χ0) is 9.57. The average Bonchev–Trinajstić information content (AvgIpc) is 2.55. The first kappa shape index (κ1) is 11.0. The maximum Gasteiger partial charge on any atom is 0.0181 e. The monoisotopic (exact) mass is 183 g/mol. The zero-order valence-corrected chi connectivity index (χ0v) is 9.36. The summed E-state index contributed by atoms with van der Waals surface area (Å²) in [6, 6.07) is 0. The zero-order valence-electron chi connectivity index (χ0n) is 9.36. The third-order valence-corrected chi connectivity index (χ3v) is 3.32. The Morgan fingerprint density at radius 1 is 1.08 bits per heavy atom. The van der Waals surface area contributed by atoms with E-state index in [9.17, 15) is 0 Å². The van der Waals surface area contributed by atoms with E-state index in [2.05, 4.69) is 19.2 Å². The Bertz CT molecular complexity index is 125. The van der Waals surface area contributed by atoms with E-state index in [1.54, 1.807) is 0 Å². The number of hydrogen-bond acceptors (Lipinski definition) is 1. The predicted octanol–water partition coefficient (Wildman–Crippen LogP) is 3.49. The molecule has 1 N–H and O–H groups in total. The standard InChI is InChI=1S/C12H25N/c1-3-5-6-9-12(8-4-2)10-7-11-13-12/h13H,3-11H2,1-2H3. The Morgan fingerprint density at radius 3 is 2.46 bits per heavy atom. The second-order valence-electron chi connectivity index (χ2n) is 4.52. The Balaban J connectivity index is 2.28. The lowest BCUT2D eigenvalue weighted by atomic mass is 9.86. The maximum atomic E-state index is 3.73. The molecule has 1 aliphatic rings. The molecular weight excluding hydrogens is 158 g/mol. The van der Waals surface area contributed by atoms with Crippen LogP contribution >= 0.6 is 0 Å². The molecule has 0 aromatic rings. The quantitative estimate of drug-likeness (QED) is 0.622. The van der Waals surface area contributed by atoms with Gasteiger partial charge in [0.15, 0.2) is 0 Å². The SMILES string of the molecule is CCCCCC1(CCC)CCCN1.